The van der Waals surface area contributed by atoms with Gasteiger partial charge in [-0.25, -0.2) is 0 Å². The Morgan fingerprint density at radius 1 is 1.04 bits per heavy atom. The molecule has 3 aromatic rings. The molecule has 0 atom stereocenters. The van der Waals surface area contributed by atoms with Crippen molar-refractivity contribution in [3.05, 3.63) is 101 Å². The summed E-state index contributed by atoms with van der Waals surface area (Å²) in [4.78, 5) is 23.4. The predicted octanol–water partition coefficient (Wildman–Crippen LogP) is 3.03. The van der Waals surface area contributed by atoms with Crippen LogP contribution < -0.4 is 5.11 Å². The number of carbonyl (C=O) groups is 2. The fourth-order valence-electron chi connectivity index (χ4n) is 2.91. The maximum Gasteiger partial charge on any atom is 0.209 e. The first-order valence-electron chi connectivity index (χ1n) is 8.75. The lowest BCUT2D eigenvalue weighted by Gasteiger charge is -2.07. The lowest BCUT2D eigenvalue weighted by molar-refractivity contribution is -0.304. The van der Waals surface area contributed by atoms with E-state index < -0.39 is 5.97 Å². The van der Waals surface area contributed by atoms with Crippen LogP contribution in [-0.2, 0) is 17.8 Å². The van der Waals surface area contributed by atoms with Crippen molar-refractivity contribution in [1.82, 2.24) is 4.57 Å². The van der Waals surface area contributed by atoms with Crippen LogP contribution in [-0.4, -0.2) is 16.3 Å². The van der Waals surface area contributed by atoms with E-state index in [-0.39, 0.29) is 12.2 Å². The highest BCUT2D eigenvalue weighted by molar-refractivity contribution is 6.08. The van der Waals surface area contributed by atoms with Crippen LogP contribution in [0, 0.1) is 6.92 Å². The highest BCUT2D eigenvalue weighted by atomic mass is 16.4. The molecule has 0 unspecified atom stereocenters. The second-order valence-electron chi connectivity index (χ2n) is 6.44. The molecule has 0 fully saturated rings. The number of allylic oxidation sites excluding steroid dienone is 1. The van der Waals surface area contributed by atoms with Gasteiger partial charge in [0.05, 0.1) is 5.69 Å². The van der Waals surface area contributed by atoms with Gasteiger partial charge >= 0.3 is 0 Å². The molecule has 1 heterocycles. The molecule has 0 aliphatic carbocycles. The second-order valence-corrected chi connectivity index (χ2v) is 6.44. The quantitative estimate of drug-likeness (QED) is 0.610. The molecule has 2 aromatic carbocycles. The number of carbonyl (C=O) groups excluding carboxylic acids is 2. The molecule has 4 heteroatoms. The average Bonchev–Trinajstić information content (AvgIpc) is 3.10. The molecule has 1 aromatic heterocycles. The molecular weight excluding hydrogens is 338 g/mol. The Bertz CT molecular complexity index is 981. The van der Waals surface area contributed by atoms with Crippen molar-refractivity contribution >= 4 is 17.8 Å². The fraction of sp³-hybridized carbons (Fsp3) is 0.130. The molecule has 0 aliphatic rings. The highest BCUT2D eigenvalue weighted by Crippen LogP contribution is 2.13. The Labute approximate surface area is 158 Å². The van der Waals surface area contributed by atoms with Crippen molar-refractivity contribution < 1.29 is 14.7 Å². The summed E-state index contributed by atoms with van der Waals surface area (Å²) >= 11 is 0. The average molecular weight is 358 g/mol. The molecule has 0 N–H and O–H groups in total. The largest absolute Gasteiger partial charge is 0.550 e. The first-order valence-corrected chi connectivity index (χ1v) is 8.75. The summed E-state index contributed by atoms with van der Waals surface area (Å²) in [6, 6.07) is 18.5. The summed E-state index contributed by atoms with van der Waals surface area (Å²) in [6.45, 7) is 2.54. The Balaban J connectivity index is 1.72. The van der Waals surface area contributed by atoms with E-state index in [4.69, 9.17) is 0 Å². The zero-order valence-corrected chi connectivity index (χ0v) is 15.1. The third-order valence-electron chi connectivity index (χ3n) is 4.29. The Morgan fingerprint density at radius 2 is 1.81 bits per heavy atom. The van der Waals surface area contributed by atoms with Gasteiger partial charge in [-0.1, -0.05) is 66.2 Å². The van der Waals surface area contributed by atoms with Crippen LogP contribution in [0.2, 0.25) is 0 Å². The fourth-order valence-corrected chi connectivity index (χ4v) is 2.91. The van der Waals surface area contributed by atoms with E-state index in [1.807, 2.05) is 84.4 Å². The second kappa shape index (κ2) is 8.32. The molecule has 0 saturated heterocycles. The van der Waals surface area contributed by atoms with Crippen molar-refractivity contribution in [3.63, 3.8) is 0 Å². The molecule has 0 aliphatic heterocycles. The first kappa shape index (κ1) is 18.4. The molecule has 0 radical (unpaired) electrons. The number of aryl methyl sites for hydroxylation is 1. The summed E-state index contributed by atoms with van der Waals surface area (Å²) in [5.74, 6) is -1.10. The number of hydrogen-bond acceptors (Lipinski definition) is 3. The molecular formula is C23H20NO3-. The number of carboxylic acids is 1. The van der Waals surface area contributed by atoms with Crippen LogP contribution in [0.3, 0.4) is 0 Å². The standard InChI is InChI=1S/C23H21NO3/c1-17-9-11-20(12-10-17)23(27)21-8-4-14-24(21)13-3-7-18-5-2-6-19(15-18)16-22(25)26/h2-12,14-15H,13,16H2,1H3,(H,25,26)/p-1/b7-3+. The van der Waals surface area contributed by atoms with E-state index in [2.05, 4.69) is 0 Å². The maximum atomic E-state index is 12.7. The van der Waals surface area contributed by atoms with Gasteiger partial charge in [0.2, 0.25) is 5.78 Å². The lowest BCUT2D eigenvalue weighted by atomic mass is 10.1. The Kier molecular flexibility index (Phi) is 5.67. The van der Waals surface area contributed by atoms with Gasteiger partial charge in [-0.2, -0.15) is 0 Å². The van der Waals surface area contributed by atoms with E-state index >= 15 is 0 Å². The van der Waals surface area contributed by atoms with Crippen LogP contribution in [0.4, 0.5) is 0 Å². The summed E-state index contributed by atoms with van der Waals surface area (Å²) in [7, 11) is 0. The Morgan fingerprint density at radius 3 is 2.56 bits per heavy atom. The topological polar surface area (TPSA) is 62.1 Å². The molecule has 3 rings (SSSR count). The number of ketones is 1. The van der Waals surface area contributed by atoms with Gasteiger partial charge in [-0.15, -0.1) is 0 Å². The zero-order chi connectivity index (χ0) is 19.2. The third kappa shape index (κ3) is 4.82. The molecule has 0 bridgehead atoms. The van der Waals surface area contributed by atoms with Crippen molar-refractivity contribution in [2.45, 2.75) is 19.9 Å². The summed E-state index contributed by atoms with van der Waals surface area (Å²) < 4.78 is 1.89. The van der Waals surface area contributed by atoms with Crippen molar-refractivity contribution in [2.75, 3.05) is 0 Å². The van der Waals surface area contributed by atoms with Crippen molar-refractivity contribution in [2.24, 2.45) is 0 Å². The number of aromatic nitrogens is 1. The number of rotatable bonds is 7. The minimum Gasteiger partial charge on any atom is -0.550 e. The third-order valence-corrected chi connectivity index (χ3v) is 4.29. The van der Waals surface area contributed by atoms with Gasteiger partial charge in [0.1, 0.15) is 0 Å². The molecule has 4 nitrogen and oxygen atoms in total. The number of carboxylic acid groups (broad SMARTS) is 1. The molecule has 0 spiro atoms. The van der Waals surface area contributed by atoms with E-state index in [9.17, 15) is 14.7 Å². The van der Waals surface area contributed by atoms with Crippen LogP contribution in [0.15, 0.2) is 72.9 Å². The van der Waals surface area contributed by atoms with Crippen molar-refractivity contribution in [3.8, 4) is 0 Å². The molecule has 0 saturated carbocycles. The van der Waals surface area contributed by atoms with Crippen LogP contribution >= 0.6 is 0 Å². The van der Waals surface area contributed by atoms with Crippen LogP contribution in [0.1, 0.15) is 32.7 Å². The molecule has 27 heavy (non-hydrogen) atoms. The van der Waals surface area contributed by atoms with Gasteiger partial charge in [-0.3, -0.25) is 4.79 Å². The minimum absolute atomic E-state index is 0.00986. The number of aliphatic carboxylic acids is 1. The summed E-state index contributed by atoms with van der Waals surface area (Å²) in [5, 5.41) is 10.7. The SMILES string of the molecule is Cc1ccc(C(=O)c2cccn2C/C=C/c2cccc(CC(=O)[O-])c2)cc1. The van der Waals surface area contributed by atoms with E-state index in [0.717, 1.165) is 11.1 Å². The smallest absolute Gasteiger partial charge is 0.209 e. The predicted molar refractivity (Wildman–Crippen MR) is 103 cm³/mol. The van der Waals surface area contributed by atoms with Gasteiger partial charge in [0, 0.05) is 30.7 Å². The van der Waals surface area contributed by atoms with Gasteiger partial charge in [0.25, 0.3) is 0 Å². The normalized spacial score (nSPS) is 11.0. The van der Waals surface area contributed by atoms with Crippen molar-refractivity contribution in [1.29, 1.82) is 0 Å². The summed E-state index contributed by atoms with van der Waals surface area (Å²) in [6.07, 6.45) is 5.63. The molecule has 0 amide bonds. The van der Waals surface area contributed by atoms with Gasteiger partial charge in [-0.05, 0) is 30.2 Å². The number of hydrogen-bond donors (Lipinski definition) is 0. The first-order chi connectivity index (χ1) is 13.0. The number of nitrogens with zero attached hydrogens (tertiary/aromatic N) is 1. The van der Waals surface area contributed by atoms with Crippen LogP contribution in [0.25, 0.3) is 6.08 Å². The lowest BCUT2D eigenvalue weighted by Crippen LogP contribution is -2.24. The maximum absolute atomic E-state index is 12.7. The number of benzene rings is 2. The van der Waals surface area contributed by atoms with Gasteiger partial charge < -0.3 is 14.5 Å². The van der Waals surface area contributed by atoms with E-state index in [1.165, 1.54) is 0 Å². The minimum atomic E-state index is -1.09. The Hall–Kier alpha value is -3.40. The summed E-state index contributed by atoms with van der Waals surface area (Å²) in [5.41, 5.74) is 4.03. The van der Waals surface area contributed by atoms with E-state index in [0.29, 0.717) is 23.4 Å². The zero-order valence-electron chi connectivity index (χ0n) is 15.1. The van der Waals surface area contributed by atoms with Gasteiger partial charge in [0.15, 0.2) is 0 Å². The molecule has 136 valence electrons. The monoisotopic (exact) mass is 358 g/mol. The highest BCUT2D eigenvalue weighted by Gasteiger charge is 2.12. The van der Waals surface area contributed by atoms with Crippen LogP contribution in [0.5, 0.6) is 0 Å². The van der Waals surface area contributed by atoms with E-state index in [1.54, 1.807) is 6.07 Å².